The molecule has 0 spiro atoms. The van der Waals surface area contributed by atoms with E-state index in [1.54, 1.807) is 0 Å². The number of hydrogen-bond acceptors (Lipinski definition) is 10. The van der Waals surface area contributed by atoms with Crippen molar-refractivity contribution in [3.05, 3.63) is 42.5 Å². The fourth-order valence-corrected chi connectivity index (χ4v) is 4.63. The number of carbonyl (C=O) groups is 1. The minimum Gasteiger partial charge on any atom is -0.455 e. The number of carbonyl (C=O) groups excluding carboxylic acids is 1. The minimum atomic E-state index is 0.232. The zero-order valence-corrected chi connectivity index (χ0v) is 22.0. The molecule has 11 nitrogen and oxygen atoms in total. The van der Waals surface area contributed by atoms with Crippen LogP contribution in [0.15, 0.2) is 46.9 Å². The number of anilines is 2. The van der Waals surface area contributed by atoms with Gasteiger partial charge in [0.2, 0.25) is 17.8 Å². The van der Waals surface area contributed by atoms with E-state index >= 15 is 0 Å². The average Bonchev–Trinajstić information content (AvgIpc) is 3.55. The van der Waals surface area contributed by atoms with Crippen molar-refractivity contribution in [2.24, 2.45) is 5.73 Å². The molecule has 11 heteroatoms. The van der Waals surface area contributed by atoms with Crippen molar-refractivity contribution in [3.8, 4) is 11.4 Å². The van der Waals surface area contributed by atoms with Gasteiger partial charge < -0.3 is 35.2 Å². The van der Waals surface area contributed by atoms with E-state index < -0.39 is 0 Å². The summed E-state index contributed by atoms with van der Waals surface area (Å²) in [5, 5.41) is 8.60. The third kappa shape index (κ3) is 6.80. The number of rotatable bonds is 15. The monoisotopic (exact) mass is 533 g/mol. The van der Waals surface area contributed by atoms with Crippen molar-refractivity contribution in [2.75, 3.05) is 69.8 Å². The molecule has 0 aliphatic carbocycles. The molecule has 4 N–H and O–H groups in total. The number of benzene rings is 2. The number of amides is 1. The van der Waals surface area contributed by atoms with Crippen LogP contribution in [-0.2, 0) is 14.3 Å². The summed E-state index contributed by atoms with van der Waals surface area (Å²) < 4.78 is 17.2. The van der Waals surface area contributed by atoms with E-state index in [0.29, 0.717) is 70.2 Å². The van der Waals surface area contributed by atoms with Gasteiger partial charge in [0, 0.05) is 49.9 Å². The summed E-state index contributed by atoms with van der Waals surface area (Å²) in [5.41, 5.74) is 7.75. The van der Waals surface area contributed by atoms with Gasteiger partial charge in [-0.1, -0.05) is 30.3 Å². The van der Waals surface area contributed by atoms with E-state index in [2.05, 4.69) is 15.6 Å². The molecular formula is C28H35N7O4. The lowest BCUT2D eigenvalue weighted by atomic mass is 10.1. The number of para-hydroxylation sites is 2. The van der Waals surface area contributed by atoms with Gasteiger partial charge in [-0.15, -0.1) is 0 Å². The fourth-order valence-electron chi connectivity index (χ4n) is 4.63. The fraction of sp³-hybridized carbons (Fsp3) is 0.429. The maximum absolute atomic E-state index is 11.9. The summed E-state index contributed by atoms with van der Waals surface area (Å²) in [4.78, 5) is 27.8. The second-order valence-electron chi connectivity index (χ2n) is 9.29. The normalized spacial score (nSPS) is 13.6. The van der Waals surface area contributed by atoms with Crippen LogP contribution < -0.4 is 16.4 Å². The van der Waals surface area contributed by atoms with Crippen LogP contribution >= 0.6 is 0 Å². The molecule has 2 aromatic carbocycles. The molecule has 5 rings (SSSR count). The maximum Gasteiger partial charge on any atom is 0.228 e. The first-order valence-electron chi connectivity index (χ1n) is 13.5. The molecule has 4 aromatic rings. The molecule has 1 amide bonds. The molecule has 2 aromatic heterocycles. The third-order valence-corrected chi connectivity index (χ3v) is 6.50. The Morgan fingerprint density at radius 1 is 0.897 bits per heavy atom. The molecule has 0 bridgehead atoms. The number of ether oxygens (including phenoxy) is 2. The van der Waals surface area contributed by atoms with E-state index in [1.165, 1.54) is 0 Å². The number of fused-ring (bicyclic) bond motifs is 3. The van der Waals surface area contributed by atoms with Gasteiger partial charge >= 0.3 is 0 Å². The lowest BCUT2D eigenvalue weighted by Crippen LogP contribution is -2.27. The van der Waals surface area contributed by atoms with Crippen LogP contribution in [0.2, 0.25) is 0 Å². The van der Waals surface area contributed by atoms with Crippen molar-refractivity contribution in [2.45, 2.75) is 19.3 Å². The molecule has 1 saturated heterocycles. The molecule has 0 radical (unpaired) electrons. The smallest absolute Gasteiger partial charge is 0.228 e. The first-order chi connectivity index (χ1) is 19.2. The van der Waals surface area contributed by atoms with Gasteiger partial charge in [-0.3, -0.25) is 4.79 Å². The summed E-state index contributed by atoms with van der Waals surface area (Å²) in [6.45, 7) is 5.20. The number of nitrogens with one attached hydrogen (secondary N) is 2. The van der Waals surface area contributed by atoms with Crippen LogP contribution in [0.4, 0.5) is 11.9 Å². The zero-order valence-electron chi connectivity index (χ0n) is 22.0. The highest BCUT2D eigenvalue weighted by Crippen LogP contribution is 2.34. The minimum absolute atomic E-state index is 0.232. The van der Waals surface area contributed by atoms with Crippen molar-refractivity contribution in [3.63, 3.8) is 0 Å². The highest BCUT2D eigenvalue weighted by molar-refractivity contribution is 6.09. The molecule has 206 valence electrons. The van der Waals surface area contributed by atoms with Gasteiger partial charge in [-0.05, 0) is 25.0 Å². The SMILES string of the molecule is NCCOCCOCCNc1nc(NCCCN2CCCC2=O)nc(-c2cccc3c2oc2ccccc23)n1. The lowest BCUT2D eigenvalue weighted by Gasteiger charge is -2.15. The van der Waals surface area contributed by atoms with Crippen molar-refractivity contribution >= 4 is 39.7 Å². The van der Waals surface area contributed by atoms with Crippen LogP contribution in [0.5, 0.6) is 0 Å². The number of furan rings is 1. The molecule has 1 aliphatic rings. The first-order valence-corrected chi connectivity index (χ1v) is 13.5. The van der Waals surface area contributed by atoms with Gasteiger partial charge in [0.15, 0.2) is 5.82 Å². The Bertz CT molecular complexity index is 1390. The highest BCUT2D eigenvalue weighted by Gasteiger charge is 2.19. The molecule has 39 heavy (non-hydrogen) atoms. The Hall–Kier alpha value is -3.80. The van der Waals surface area contributed by atoms with Gasteiger partial charge in [0.1, 0.15) is 11.2 Å². The predicted octanol–water partition coefficient (Wildman–Crippen LogP) is 3.27. The van der Waals surface area contributed by atoms with E-state index in [1.807, 2.05) is 47.4 Å². The Balaban J connectivity index is 1.31. The van der Waals surface area contributed by atoms with Crippen LogP contribution in [0.25, 0.3) is 33.3 Å². The Labute approximate surface area is 227 Å². The number of likely N-dealkylation sites (tertiary alicyclic amines) is 1. The Morgan fingerprint density at radius 2 is 1.67 bits per heavy atom. The van der Waals surface area contributed by atoms with Gasteiger partial charge in [0.25, 0.3) is 0 Å². The van der Waals surface area contributed by atoms with Crippen LogP contribution in [-0.4, -0.2) is 84.9 Å². The topological polar surface area (TPSA) is 141 Å². The molecule has 1 fully saturated rings. The highest BCUT2D eigenvalue weighted by atomic mass is 16.5. The summed E-state index contributed by atoms with van der Waals surface area (Å²) >= 11 is 0. The zero-order chi connectivity index (χ0) is 26.9. The average molecular weight is 534 g/mol. The Kier molecular flexibility index (Phi) is 9.15. The van der Waals surface area contributed by atoms with E-state index in [9.17, 15) is 4.79 Å². The van der Waals surface area contributed by atoms with Crippen LogP contribution in [0.1, 0.15) is 19.3 Å². The van der Waals surface area contributed by atoms with E-state index in [4.69, 9.17) is 29.6 Å². The number of nitrogens with two attached hydrogens (primary N) is 1. The molecule has 0 atom stereocenters. The number of hydrogen-bond donors (Lipinski definition) is 3. The van der Waals surface area contributed by atoms with E-state index in [-0.39, 0.29) is 5.91 Å². The molecule has 0 unspecified atom stereocenters. The summed E-state index contributed by atoms with van der Waals surface area (Å²) in [6.07, 6.45) is 2.39. The van der Waals surface area contributed by atoms with Gasteiger partial charge in [-0.25, -0.2) is 0 Å². The number of nitrogens with zero attached hydrogens (tertiary/aromatic N) is 4. The lowest BCUT2D eigenvalue weighted by molar-refractivity contribution is -0.127. The van der Waals surface area contributed by atoms with Crippen LogP contribution in [0.3, 0.4) is 0 Å². The van der Waals surface area contributed by atoms with Crippen molar-refractivity contribution in [1.82, 2.24) is 19.9 Å². The summed E-state index contributed by atoms with van der Waals surface area (Å²) in [5.74, 6) is 1.63. The quantitative estimate of drug-likeness (QED) is 0.195. The number of aromatic nitrogens is 3. The molecule has 1 aliphatic heterocycles. The third-order valence-electron chi connectivity index (χ3n) is 6.50. The summed E-state index contributed by atoms with van der Waals surface area (Å²) in [7, 11) is 0. The molecular weight excluding hydrogens is 498 g/mol. The maximum atomic E-state index is 11.9. The largest absolute Gasteiger partial charge is 0.455 e. The van der Waals surface area contributed by atoms with Crippen molar-refractivity contribution in [1.29, 1.82) is 0 Å². The molecule has 0 saturated carbocycles. The predicted molar refractivity (Wildman–Crippen MR) is 151 cm³/mol. The summed E-state index contributed by atoms with van der Waals surface area (Å²) in [6, 6.07) is 13.9. The second-order valence-corrected chi connectivity index (χ2v) is 9.29. The second kappa shape index (κ2) is 13.3. The molecule has 3 heterocycles. The Morgan fingerprint density at radius 3 is 2.46 bits per heavy atom. The van der Waals surface area contributed by atoms with E-state index in [0.717, 1.165) is 53.4 Å². The van der Waals surface area contributed by atoms with Gasteiger partial charge in [-0.2, -0.15) is 15.0 Å². The van der Waals surface area contributed by atoms with Crippen molar-refractivity contribution < 1.29 is 18.7 Å². The van der Waals surface area contributed by atoms with Gasteiger partial charge in [0.05, 0.1) is 32.0 Å². The van der Waals surface area contributed by atoms with Crippen LogP contribution in [0, 0.1) is 0 Å². The first kappa shape index (κ1) is 26.8. The standard InChI is InChI=1S/C28H35N7O4/c29-11-16-37-18-19-38-17-13-31-28-33-26(32-27(34-28)30-12-5-15-35-14-4-10-24(35)36)22-8-3-7-21-20-6-1-2-9-23(20)39-25(21)22/h1-3,6-9H,4-5,10-19,29H2,(H2,30,31,32,33,34).